The summed E-state index contributed by atoms with van der Waals surface area (Å²) < 4.78 is 31.5. The van der Waals surface area contributed by atoms with Crippen molar-refractivity contribution in [2.45, 2.75) is 30.7 Å². The maximum Gasteiger partial charge on any atom is 0.317 e. The fourth-order valence-corrected chi connectivity index (χ4v) is 4.79. The van der Waals surface area contributed by atoms with Crippen molar-refractivity contribution in [1.29, 1.82) is 0 Å². The van der Waals surface area contributed by atoms with Gasteiger partial charge in [0.05, 0.1) is 18.0 Å². The monoisotopic (exact) mass is 367 g/mol. The summed E-state index contributed by atoms with van der Waals surface area (Å²) in [5.74, 6) is 1.14. The van der Waals surface area contributed by atoms with Crippen LogP contribution in [0.5, 0.6) is 5.75 Å². The molecule has 2 saturated heterocycles. The molecule has 0 saturated carbocycles. The topological polar surface area (TPSA) is 79.0 Å². The summed E-state index contributed by atoms with van der Waals surface area (Å²) in [4.78, 5) is 14.3. The Kier molecular flexibility index (Phi) is 5.19. The normalized spacial score (nSPS) is 22.3. The highest BCUT2D eigenvalue weighted by atomic mass is 32.2. The van der Waals surface area contributed by atoms with Gasteiger partial charge >= 0.3 is 6.03 Å². The minimum absolute atomic E-state index is 0.0851. The van der Waals surface area contributed by atoms with E-state index in [0.717, 1.165) is 25.9 Å². The van der Waals surface area contributed by atoms with E-state index in [1.165, 1.54) is 23.5 Å². The zero-order valence-electron chi connectivity index (χ0n) is 14.6. The third-order valence-electron chi connectivity index (χ3n) is 4.82. The van der Waals surface area contributed by atoms with E-state index in [1.54, 1.807) is 12.1 Å². The van der Waals surface area contributed by atoms with Crippen LogP contribution in [0.2, 0.25) is 0 Å². The number of sulfonamides is 1. The van der Waals surface area contributed by atoms with Crippen LogP contribution in [0, 0.1) is 5.92 Å². The number of nitrogens with one attached hydrogen (secondary N) is 1. The molecule has 2 heterocycles. The van der Waals surface area contributed by atoms with Gasteiger partial charge in [-0.25, -0.2) is 13.2 Å². The van der Waals surface area contributed by atoms with E-state index in [9.17, 15) is 13.2 Å². The molecule has 2 fully saturated rings. The number of likely N-dealkylation sites (tertiary alicyclic amines) is 1. The second kappa shape index (κ2) is 7.21. The van der Waals surface area contributed by atoms with Gasteiger partial charge in [-0.1, -0.05) is 6.92 Å². The number of amides is 2. The molecular weight excluding hydrogens is 342 g/mol. The highest BCUT2D eigenvalue weighted by Gasteiger charge is 2.38. The van der Waals surface area contributed by atoms with Gasteiger partial charge in [0.15, 0.2) is 0 Å². The molecule has 0 bridgehead atoms. The molecule has 8 heteroatoms. The molecule has 1 aromatic rings. The SMILES string of the molecule is COc1ccc(S(=O)(=O)N2CC(NC(=O)N3CCCC(C)C3)C2)cc1. The maximum absolute atomic E-state index is 12.6. The van der Waals surface area contributed by atoms with E-state index in [1.807, 2.05) is 4.90 Å². The number of hydrogen-bond acceptors (Lipinski definition) is 4. The molecule has 0 radical (unpaired) electrons. The van der Waals surface area contributed by atoms with Gasteiger partial charge in [-0.3, -0.25) is 0 Å². The summed E-state index contributed by atoms with van der Waals surface area (Å²) in [5.41, 5.74) is 0. The van der Waals surface area contributed by atoms with Gasteiger partial charge in [0, 0.05) is 26.2 Å². The Hall–Kier alpha value is -1.80. The highest BCUT2D eigenvalue weighted by molar-refractivity contribution is 7.89. The maximum atomic E-state index is 12.6. The summed E-state index contributed by atoms with van der Waals surface area (Å²) in [5, 5.41) is 2.94. The number of methoxy groups -OCH3 is 1. The average Bonchev–Trinajstić information content (AvgIpc) is 2.57. The van der Waals surface area contributed by atoms with Crippen molar-refractivity contribution in [3.05, 3.63) is 24.3 Å². The number of urea groups is 1. The van der Waals surface area contributed by atoms with Crippen LogP contribution < -0.4 is 10.1 Å². The van der Waals surface area contributed by atoms with Crippen LogP contribution in [-0.4, -0.2) is 63.0 Å². The summed E-state index contributed by atoms with van der Waals surface area (Å²) in [6.07, 6.45) is 2.18. The number of carbonyl (C=O) groups is 1. The lowest BCUT2D eigenvalue weighted by Gasteiger charge is -2.40. The number of hydrogen-bond donors (Lipinski definition) is 1. The van der Waals surface area contributed by atoms with Crippen LogP contribution in [0.1, 0.15) is 19.8 Å². The van der Waals surface area contributed by atoms with Crippen molar-refractivity contribution in [3.8, 4) is 5.75 Å². The molecule has 1 atom stereocenters. The number of nitrogens with zero attached hydrogens (tertiary/aromatic N) is 2. The van der Waals surface area contributed by atoms with Gasteiger partial charge in [-0.2, -0.15) is 4.31 Å². The van der Waals surface area contributed by atoms with Crippen molar-refractivity contribution in [3.63, 3.8) is 0 Å². The molecule has 1 aromatic carbocycles. The van der Waals surface area contributed by atoms with Crippen LogP contribution in [0.4, 0.5) is 4.79 Å². The number of benzene rings is 1. The molecule has 3 rings (SSSR count). The molecule has 2 amide bonds. The first-order chi connectivity index (χ1) is 11.9. The predicted octanol–water partition coefficient (Wildman–Crippen LogP) is 1.51. The molecule has 0 spiro atoms. The van der Waals surface area contributed by atoms with Crippen LogP contribution >= 0.6 is 0 Å². The highest BCUT2D eigenvalue weighted by Crippen LogP contribution is 2.24. The first-order valence-corrected chi connectivity index (χ1v) is 10.0. The van der Waals surface area contributed by atoms with Crippen molar-refractivity contribution < 1.29 is 17.9 Å². The molecule has 0 aliphatic carbocycles. The van der Waals surface area contributed by atoms with Gasteiger partial charge in [-0.15, -0.1) is 0 Å². The Morgan fingerprint density at radius 2 is 1.88 bits per heavy atom. The van der Waals surface area contributed by atoms with Gasteiger partial charge in [0.1, 0.15) is 5.75 Å². The zero-order valence-corrected chi connectivity index (χ0v) is 15.5. The summed E-state index contributed by atoms with van der Waals surface area (Å²) >= 11 is 0. The molecule has 2 aliphatic heterocycles. The van der Waals surface area contributed by atoms with Crippen LogP contribution in [0.15, 0.2) is 29.2 Å². The largest absolute Gasteiger partial charge is 0.497 e. The van der Waals surface area contributed by atoms with Crippen molar-refractivity contribution >= 4 is 16.1 Å². The van der Waals surface area contributed by atoms with Crippen LogP contribution in [-0.2, 0) is 10.0 Å². The average molecular weight is 367 g/mol. The second-order valence-corrected chi connectivity index (χ2v) is 8.78. The van der Waals surface area contributed by atoms with Gasteiger partial charge in [-0.05, 0) is 43.0 Å². The first-order valence-electron chi connectivity index (χ1n) is 8.60. The quantitative estimate of drug-likeness (QED) is 0.875. The fourth-order valence-electron chi connectivity index (χ4n) is 3.26. The van der Waals surface area contributed by atoms with Crippen molar-refractivity contribution in [2.24, 2.45) is 5.92 Å². The zero-order chi connectivity index (χ0) is 18.0. The van der Waals surface area contributed by atoms with E-state index in [-0.39, 0.29) is 17.0 Å². The predicted molar refractivity (Wildman–Crippen MR) is 94.0 cm³/mol. The van der Waals surface area contributed by atoms with Crippen molar-refractivity contribution in [2.75, 3.05) is 33.3 Å². The van der Waals surface area contributed by atoms with E-state index in [2.05, 4.69) is 12.2 Å². The van der Waals surface area contributed by atoms with E-state index in [4.69, 9.17) is 4.74 Å². The lowest BCUT2D eigenvalue weighted by molar-refractivity contribution is 0.152. The summed E-state index contributed by atoms with van der Waals surface area (Å²) in [7, 11) is -1.98. The fraction of sp³-hybridized carbons (Fsp3) is 0.588. The Morgan fingerprint density at radius 1 is 1.20 bits per heavy atom. The minimum Gasteiger partial charge on any atom is -0.497 e. The lowest BCUT2D eigenvalue weighted by Crippen LogP contribution is -2.62. The van der Waals surface area contributed by atoms with E-state index >= 15 is 0 Å². The molecule has 0 aromatic heterocycles. The van der Waals surface area contributed by atoms with Crippen molar-refractivity contribution in [1.82, 2.24) is 14.5 Å². The van der Waals surface area contributed by atoms with E-state index in [0.29, 0.717) is 24.8 Å². The Balaban J connectivity index is 1.53. The molecular formula is C17H25N3O4S. The number of ether oxygens (including phenoxy) is 1. The third-order valence-corrected chi connectivity index (χ3v) is 6.66. The first kappa shape index (κ1) is 18.0. The molecule has 2 aliphatic rings. The Morgan fingerprint density at radius 3 is 2.48 bits per heavy atom. The van der Waals surface area contributed by atoms with E-state index < -0.39 is 10.0 Å². The summed E-state index contributed by atoms with van der Waals surface area (Å²) in [6.45, 7) is 4.31. The minimum atomic E-state index is -3.52. The second-order valence-electron chi connectivity index (χ2n) is 6.84. The van der Waals surface area contributed by atoms with Gasteiger partial charge in [0.25, 0.3) is 0 Å². The number of rotatable bonds is 4. The molecule has 25 heavy (non-hydrogen) atoms. The van der Waals surface area contributed by atoms with Gasteiger partial charge in [0.2, 0.25) is 10.0 Å². The summed E-state index contributed by atoms with van der Waals surface area (Å²) in [6, 6.07) is 6.12. The molecule has 1 unspecified atom stereocenters. The lowest BCUT2D eigenvalue weighted by atomic mass is 10.0. The molecule has 138 valence electrons. The van der Waals surface area contributed by atoms with Crippen LogP contribution in [0.25, 0.3) is 0 Å². The Bertz CT molecular complexity index is 714. The smallest absolute Gasteiger partial charge is 0.317 e. The third kappa shape index (κ3) is 3.90. The number of carbonyl (C=O) groups excluding carboxylic acids is 1. The van der Waals surface area contributed by atoms with Crippen LogP contribution in [0.3, 0.4) is 0 Å². The molecule has 7 nitrogen and oxygen atoms in total. The van der Waals surface area contributed by atoms with Gasteiger partial charge < -0.3 is 15.0 Å². The molecule has 1 N–H and O–H groups in total. The number of piperidine rings is 1. The standard InChI is InChI=1S/C17H25N3O4S/c1-13-4-3-9-19(10-13)17(21)18-14-11-20(12-14)25(22,23)16-7-5-15(24-2)6-8-16/h5-8,13-14H,3-4,9-12H2,1-2H3,(H,18,21). The Labute approximate surface area is 149 Å².